The lowest BCUT2D eigenvalue weighted by Gasteiger charge is -2.22. The SMILES string of the molecule is CC(CO)N(C)C(=O)CCc1nnc(C2CCCC2)o1. The minimum atomic E-state index is -0.167. The van der Waals surface area contributed by atoms with E-state index in [1.165, 1.54) is 12.8 Å². The van der Waals surface area contributed by atoms with E-state index in [2.05, 4.69) is 10.2 Å². The van der Waals surface area contributed by atoms with Gasteiger partial charge in [-0.3, -0.25) is 4.79 Å². The van der Waals surface area contributed by atoms with Crippen molar-refractivity contribution in [3.8, 4) is 0 Å². The quantitative estimate of drug-likeness (QED) is 0.854. The summed E-state index contributed by atoms with van der Waals surface area (Å²) in [5, 5.41) is 17.1. The number of carbonyl (C=O) groups excluding carboxylic acids is 1. The minimum Gasteiger partial charge on any atom is -0.425 e. The summed E-state index contributed by atoms with van der Waals surface area (Å²) >= 11 is 0. The topological polar surface area (TPSA) is 79.5 Å². The van der Waals surface area contributed by atoms with E-state index >= 15 is 0 Å². The molecule has 0 spiro atoms. The van der Waals surface area contributed by atoms with Crippen LogP contribution in [0.2, 0.25) is 0 Å². The molecule has 0 aliphatic heterocycles. The molecule has 6 heteroatoms. The highest BCUT2D eigenvalue weighted by Crippen LogP contribution is 2.33. The van der Waals surface area contributed by atoms with Crippen molar-refractivity contribution in [2.24, 2.45) is 0 Å². The van der Waals surface area contributed by atoms with E-state index in [0.29, 0.717) is 24.7 Å². The van der Waals surface area contributed by atoms with Gasteiger partial charge in [0, 0.05) is 25.8 Å². The van der Waals surface area contributed by atoms with Crippen molar-refractivity contribution < 1.29 is 14.3 Å². The predicted molar refractivity (Wildman–Crippen MR) is 73.1 cm³/mol. The van der Waals surface area contributed by atoms with Gasteiger partial charge in [0.05, 0.1) is 12.6 Å². The van der Waals surface area contributed by atoms with Crippen molar-refractivity contribution in [3.63, 3.8) is 0 Å². The van der Waals surface area contributed by atoms with Crippen LogP contribution in [0.1, 0.15) is 56.7 Å². The van der Waals surface area contributed by atoms with Gasteiger partial charge in [0.25, 0.3) is 0 Å². The zero-order valence-corrected chi connectivity index (χ0v) is 12.2. The van der Waals surface area contributed by atoms with Gasteiger partial charge in [-0.2, -0.15) is 0 Å². The first kappa shape index (κ1) is 15.0. The number of hydrogen-bond acceptors (Lipinski definition) is 5. The summed E-state index contributed by atoms with van der Waals surface area (Å²) in [6.07, 6.45) is 5.48. The molecule has 1 fully saturated rings. The third-order valence-corrected chi connectivity index (χ3v) is 4.06. The summed E-state index contributed by atoms with van der Waals surface area (Å²) in [5.41, 5.74) is 0. The number of aromatic nitrogens is 2. The molecule has 1 amide bonds. The van der Waals surface area contributed by atoms with E-state index in [-0.39, 0.29) is 18.6 Å². The molecule has 1 aromatic rings. The van der Waals surface area contributed by atoms with Gasteiger partial charge in [0.15, 0.2) is 0 Å². The first-order valence-corrected chi connectivity index (χ1v) is 7.30. The average Bonchev–Trinajstić information content (AvgIpc) is 3.13. The lowest BCUT2D eigenvalue weighted by molar-refractivity contribution is -0.132. The van der Waals surface area contributed by atoms with Crippen LogP contribution in [-0.2, 0) is 11.2 Å². The molecule has 0 bridgehead atoms. The normalized spacial score (nSPS) is 17.4. The predicted octanol–water partition coefficient (Wildman–Crippen LogP) is 1.50. The Morgan fingerprint density at radius 3 is 2.80 bits per heavy atom. The van der Waals surface area contributed by atoms with E-state index < -0.39 is 0 Å². The fourth-order valence-corrected chi connectivity index (χ4v) is 2.46. The summed E-state index contributed by atoms with van der Waals surface area (Å²) in [7, 11) is 1.70. The second-order valence-corrected chi connectivity index (χ2v) is 5.55. The molecule has 1 aliphatic carbocycles. The average molecular weight is 281 g/mol. The number of carbonyl (C=O) groups is 1. The van der Waals surface area contributed by atoms with Gasteiger partial charge in [0.1, 0.15) is 0 Å². The number of rotatable bonds is 6. The van der Waals surface area contributed by atoms with E-state index in [1.54, 1.807) is 11.9 Å². The van der Waals surface area contributed by atoms with Gasteiger partial charge >= 0.3 is 0 Å². The molecule has 1 saturated carbocycles. The highest BCUT2D eigenvalue weighted by atomic mass is 16.4. The maximum absolute atomic E-state index is 11.9. The van der Waals surface area contributed by atoms with E-state index in [1.807, 2.05) is 6.92 Å². The van der Waals surface area contributed by atoms with Crippen LogP contribution in [0.3, 0.4) is 0 Å². The first-order valence-electron chi connectivity index (χ1n) is 7.30. The Morgan fingerprint density at radius 1 is 1.45 bits per heavy atom. The van der Waals surface area contributed by atoms with Crippen molar-refractivity contribution >= 4 is 5.91 Å². The highest BCUT2D eigenvalue weighted by molar-refractivity contribution is 5.76. The van der Waals surface area contributed by atoms with Crippen LogP contribution in [0.4, 0.5) is 0 Å². The Hall–Kier alpha value is -1.43. The zero-order chi connectivity index (χ0) is 14.5. The maximum atomic E-state index is 11.9. The Bertz CT molecular complexity index is 441. The molecule has 1 N–H and O–H groups in total. The Balaban J connectivity index is 1.83. The van der Waals surface area contributed by atoms with Gasteiger partial charge in [-0.15, -0.1) is 10.2 Å². The van der Waals surface area contributed by atoms with Crippen molar-refractivity contribution in [1.29, 1.82) is 0 Å². The molecule has 0 saturated heterocycles. The van der Waals surface area contributed by atoms with Crippen LogP contribution in [0.15, 0.2) is 4.42 Å². The third kappa shape index (κ3) is 3.56. The lowest BCUT2D eigenvalue weighted by Crippen LogP contribution is -2.37. The Morgan fingerprint density at radius 2 is 2.15 bits per heavy atom. The molecule has 112 valence electrons. The standard InChI is InChI=1S/C14H23N3O3/c1-10(9-18)17(2)13(19)8-7-12-15-16-14(20-12)11-5-3-4-6-11/h10-11,18H,3-9H2,1-2H3. The molecule has 0 radical (unpaired) electrons. The van der Waals surface area contributed by atoms with Gasteiger partial charge in [0.2, 0.25) is 17.7 Å². The summed E-state index contributed by atoms with van der Waals surface area (Å²) in [5.74, 6) is 1.64. The molecule has 1 aromatic heterocycles. The molecular formula is C14H23N3O3. The fraction of sp³-hybridized carbons (Fsp3) is 0.786. The van der Waals surface area contributed by atoms with Crippen molar-refractivity contribution in [1.82, 2.24) is 15.1 Å². The van der Waals surface area contributed by atoms with Crippen LogP contribution < -0.4 is 0 Å². The number of nitrogens with zero attached hydrogens (tertiary/aromatic N) is 3. The van der Waals surface area contributed by atoms with E-state index in [0.717, 1.165) is 18.7 Å². The van der Waals surface area contributed by atoms with Crippen molar-refractivity contribution in [2.45, 2.75) is 57.4 Å². The van der Waals surface area contributed by atoms with Crippen LogP contribution >= 0.6 is 0 Å². The molecule has 1 heterocycles. The van der Waals surface area contributed by atoms with Crippen LogP contribution in [0, 0.1) is 0 Å². The molecule has 1 aliphatic rings. The lowest BCUT2D eigenvalue weighted by atomic mass is 10.1. The maximum Gasteiger partial charge on any atom is 0.223 e. The molecule has 0 aromatic carbocycles. The van der Waals surface area contributed by atoms with Gasteiger partial charge in [-0.05, 0) is 19.8 Å². The summed E-state index contributed by atoms with van der Waals surface area (Å²) in [6.45, 7) is 1.78. The largest absolute Gasteiger partial charge is 0.425 e. The summed E-state index contributed by atoms with van der Waals surface area (Å²) < 4.78 is 5.64. The van der Waals surface area contributed by atoms with Gasteiger partial charge in [-0.1, -0.05) is 12.8 Å². The molecule has 20 heavy (non-hydrogen) atoms. The number of likely N-dealkylation sites (N-methyl/N-ethyl adjacent to an activating group) is 1. The van der Waals surface area contributed by atoms with Crippen LogP contribution in [-0.4, -0.2) is 45.8 Å². The van der Waals surface area contributed by atoms with Crippen LogP contribution in [0.25, 0.3) is 0 Å². The first-order chi connectivity index (χ1) is 9.61. The van der Waals surface area contributed by atoms with E-state index in [9.17, 15) is 4.79 Å². The minimum absolute atomic E-state index is 0.0211. The van der Waals surface area contributed by atoms with Gasteiger partial charge < -0.3 is 14.4 Å². The van der Waals surface area contributed by atoms with Crippen LogP contribution in [0.5, 0.6) is 0 Å². The number of aryl methyl sites for hydroxylation is 1. The Labute approximate surface area is 119 Å². The Kier molecular flexibility index (Phi) is 5.11. The zero-order valence-electron chi connectivity index (χ0n) is 12.2. The fourth-order valence-electron chi connectivity index (χ4n) is 2.46. The molecule has 2 rings (SSSR count). The number of aliphatic hydroxyl groups excluding tert-OH is 1. The molecule has 1 atom stereocenters. The monoisotopic (exact) mass is 281 g/mol. The molecular weight excluding hydrogens is 258 g/mol. The smallest absolute Gasteiger partial charge is 0.223 e. The molecule has 6 nitrogen and oxygen atoms in total. The second-order valence-electron chi connectivity index (χ2n) is 5.55. The number of hydrogen-bond donors (Lipinski definition) is 1. The van der Waals surface area contributed by atoms with E-state index in [4.69, 9.17) is 9.52 Å². The highest BCUT2D eigenvalue weighted by Gasteiger charge is 2.23. The number of amides is 1. The van der Waals surface area contributed by atoms with Crippen molar-refractivity contribution in [2.75, 3.05) is 13.7 Å². The molecule has 1 unspecified atom stereocenters. The second kappa shape index (κ2) is 6.83. The van der Waals surface area contributed by atoms with Gasteiger partial charge in [-0.25, -0.2) is 0 Å². The number of aliphatic hydroxyl groups is 1. The third-order valence-electron chi connectivity index (χ3n) is 4.06. The summed E-state index contributed by atoms with van der Waals surface area (Å²) in [6, 6.07) is -0.167. The summed E-state index contributed by atoms with van der Waals surface area (Å²) in [4.78, 5) is 13.5. The van der Waals surface area contributed by atoms with Crippen molar-refractivity contribution in [3.05, 3.63) is 11.8 Å².